The molecule has 0 fully saturated rings. The number of nitrogens with one attached hydrogen (secondary N) is 1. The Morgan fingerprint density at radius 2 is 0.904 bits per heavy atom. The lowest BCUT2D eigenvalue weighted by atomic mass is 10.0. The number of rotatable bonds is 41. The number of amides is 1. The predicted octanol–water partition coefficient (Wildman–Crippen LogP) is 12.8. The first kappa shape index (κ1) is 50.3. The van der Waals surface area contributed by atoms with Gasteiger partial charge in [0.1, 0.15) is 0 Å². The first-order valence-electron chi connectivity index (χ1n) is 22.6. The van der Waals surface area contributed by atoms with Crippen LogP contribution in [0.15, 0.2) is 24.3 Å². The largest absolute Gasteiger partial charge is 0.466 e. The summed E-state index contributed by atoms with van der Waals surface area (Å²) >= 11 is 0. The summed E-state index contributed by atoms with van der Waals surface area (Å²) in [6, 6.07) is -0.650. The Labute approximate surface area is 322 Å². The third kappa shape index (κ3) is 38.1. The van der Waals surface area contributed by atoms with Crippen molar-refractivity contribution in [3.05, 3.63) is 24.3 Å². The highest BCUT2D eigenvalue weighted by Gasteiger charge is 2.18. The molecule has 3 N–H and O–H groups in total. The van der Waals surface area contributed by atoms with Crippen LogP contribution in [0.2, 0.25) is 0 Å². The molecule has 306 valence electrons. The average Bonchev–Trinajstić information content (AvgIpc) is 3.14. The topological polar surface area (TPSA) is 95.9 Å². The molecule has 0 saturated carbocycles. The fraction of sp³-hybridized carbons (Fsp3) is 0.870. The van der Waals surface area contributed by atoms with E-state index >= 15 is 0 Å². The minimum absolute atomic E-state index is 0.0373. The third-order valence-electron chi connectivity index (χ3n) is 10.2. The summed E-state index contributed by atoms with van der Waals surface area (Å²) in [7, 11) is 0. The van der Waals surface area contributed by atoms with Crippen molar-refractivity contribution in [3.8, 4) is 0 Å². The molecule has 0 radical (unpaired) electrons. The maximum Gasteiger partial charge on any atom is 0.305 e. The summed E-state index contributed by atoms with van der Waals surface area (Å²) in [5, 5.41) is 22.9. The first-order chi connectivity index (χ1) is 25.5. The number of carbonyl (C=O) groups excluding carboxylic acids is 2. The molecule has 0 aromatic rings. The quantitative estimate of drug-likeness (QED) is 0.0330. The van der Waals surface area contributed by atoms with Gasteiger partial charge in [-0.05, 0) is 57.8 Å². The standard InChI is InChI=1S/C46H87NO5/c1-3-5-7-9-11-13-15-16-17-19-24-28-32-36-40-46(51)52-41-37-33-29-25-21-20-23-27-31-35-39-45(50)47-43(42-48)44(49)38-34-30-26-22-18-14-12-10-8-6-4-2/h21,25,34,38,43-44,48-49H,3-20,22-24,26-33,35-37,39-42H2,1-2H3,(H,47,50)/b25-21-,38-34+. The Kier molecular flexibility index (Phi) is 40.7. The summed E-state index contributed by atoms with van der Waals surface area (Å²) in [4.78, 5) is 24.3. The zero-order valence-corrected chi connectivity index (χ0v) is 34.5. The van der Waals surface area contributed by atoms with E-state index < -0.39 is 12.1 Å². The average molecular weight is 734 g/mol. The minimum atomic E-state index is -0.863. The molecule has 6 heteroatoms. The number of ether oxygens (including phenoxy) is 1. The third-order valence-corrected chi connectivity index (χ3v) is 10.2. The van der Waals surface area contributed by atoms with Gasteiger partial charge >= 0.3 is 5.97 Å². The molecule has 0 aliphatic heterocycles. The summed E-state index contributed by atoms with van der Waals surface area (Å²) in [6.07, 6.45) is 47.4. The van der Waals surface area contributed by atoms with Crippen LogP contribution in [-0.4, -0.2) is 47.4 Å². The Hall–Kier alpha value is -1.66. The number of hydrogen-bond donors (Lipinski definition) is 3. The Balaban J connectivity index is 3.56. The van der Waals surface area contributed by atoms with Gasteiger partial charge in [0.25, 0.3) is 0 Å². The molecule has 0 rings (SSSR count). The molecule has 52 heavy (non-hydrogen) atoms. The van der Waals surface area contributed by atoms with Gasteiger partial charge in [-0.3, -0.25) is 9.59 Å². The van der Waals surface area contributed by atoms with Crippen molar-refractivity contribution in [1.29, 1.82) is 0 Å². The molecule has 6 nitrogen and oxygen atoms in total. The van der Waals surface area contributed by atoms with Crippen molar-refractivity contribution < 1.29 is 24.5 Å². The van der Waals surface area contributed by atoms with Gasteiger partial charge in [-0.15, -0.1) is 0 Å². The highest BCUT2D eigenvalue weighted by molar-refractivity contribution is 5.76. The Bertz CT molecular complexity index is 813. The van der Waals surface area contributed by atoms with Crippen molar-refractivity contribution in [3.63, 3.8) is 0 Å². The highest BCUT2D eigenvalue weighted by atomic mass is 16.5. The minimum Gasteiger partial charge on any atom is -0.466 e. The Morgan fingerprint density at radius 1 is 0.519 bits per heavy atom. The van der Waals surface area contributed by atoms with E-state index in [1.165, 1.54) is 128 Å². The van der Waals surface area contributed by atoms with Crippen molar-refractivity contribution in [2.45, 2.75) is 244 Å². The van der Waals surface area contributed by atoms with Gasteiger partial charge in [-0.1, -0.05) is 186 Å². The number of aliphatic hydroxyl groups excluding tert-OH is 2. The van der Waals surface area contributed by atoms with E-state index in [0.29, 0.717) is 19.4 Å². The molecule has 0 saturated heterocycles. The highest BCUT2D eigenvalue weighted by Crippen LogP contribution is 2.14. The molecule has 0 aromatic carbocycles. The number of allylic oxidation sites excluding steroid dienone is 3. The molecular formula is C46H87NO5. The lowest BCUT2D eigenvalue weighted by Gasteiger charge is -2.20. The predicted molar refractivity (Wildman–Crippen MR) is 223 cm³/mol. The number of esters is 1. The van der Waals surface area contributed by atoms with E-state index in [0.717, 1.165) is 77.0 Å². The van der Waals surface area contributed by atoms with E-state index in [2.05, 4.69) is 31.3 Å². The van der Waals surface area contributed by atoms with Crippen LogP contribution in [0.3, 0.4) is 0 Å². The van der Waals surface area contributed by atoms with Gasteiger partial charge in [0.2, 0.25) is 5.91 Å². The van der Waals surface area contributed by atoms with Crippen LogP contribution < -0.4 is 5.32 Å². The van der Waals surface area contributed by atoms with Crippen LogP contribution in [-0.2, 0) is 14.3 Å². The molecule has 0 aromatic heterocycles. The molecule has 0 aliphatic carbocycles. The summed E-state index contributed by atoms with van der Waals surface area (Å²) in [5.74, 6) is -0.143. The zero-order chi connectivity index (χ0) is 38.0. The van der Waals surface area contributed by atoms with Crippen LogP contribution in [0.1, 0.15) is 232 Å². The van der Waals surface area contributed by atoms with Crippen molar-refractivity contribution in [2.75, 3.05) is 13.2 Å². The molecule has 1 amide bonds. The fourth-order valence-electron chi connectivity index (χ4n) is 6.68. The smallest absolute Gasteiger partial charge is 0.305 e. The number of aliphatic hydroxyl groups is 2. The second kappa shape index (κ2) is 42.1. The number of carbonyl (C=O) groups is 2. The maximum atomic E-state index is 12.3. The lowest BCUT2D eigenvalue weighted by Crippen LogP contribution is -2.45. The van der Waals surface area contributed by atoms with E-state index in [9.17, 15) is 19.8 Å². The Morgan fingerprint density at radius 3 is 1.37 bits per heavy atom. The van der Waals surface area contributed by atoms with Crippen molar-refractivity contribution >= 4 is 11.9 Å². The fourth-order valence-corrected chi connectivity index (χ4v) is 6.68. The molecule has 2 unspecified atom stereocenters. The SMILES string of the molecule is CCCCCCCCCCC/C=C/C(O)C(CO)NC(=O)CCCCCC/C=C\CCCCOC(=O)CCCCCCCCCCCCCCCC. The van der Waals surface area contributed by atoms with E-state index in [1.54, 1.807) is 6.08 Å². The van der Waals surface area contributed by atoms with Crippen LogP contribution in [0.4, 0.5) is 0 Å². The van der Waals surface area contributed by atoms with Gasteiger partial charge < -0.3 is 20.3 Å². The van der Waals surface area contributed by atoms with E-state index in [4.69, 9.17) is 4.74 Å². The zero-order valence-electron chi connectivity index (χ0n) is 34.5. The van der Waals surface area contributed by atoms with Crippen LogP contribution >= 0.6 is 0 Å². The van der Waals surface area contributed by atoms with Crippen LogP contribution in [0.25, 0.3) is 0 Å². The van der Waals surface area contributed by atoms with Gasteiger partial charge in [0.05, 0.1) is 25.4 Å². The normalized spacial score (nSPS) is 12.9. The second-order valence-electron chi connectivity index (χ2n) is 15.4. The summed E-state index contributed by atoms with van der Waals surface area (Å²) < 4.78 is 5.42. The summed E-state index contributed by atoms with van der Waals surface area (Å²) in [6.45, 7) is 4.79. The lowest BCUT2D eigenvalue weighted by molar-refractivity contribution is -0.143. The van der Waals surface area contributed by atoms with E-state index in [-0.39, 0.29) is 18.5 Å². The van der Waals surface area contributed by atoms with Gasteiger partial charge in [-0.25, -0.2) is 0 Å². The molecule has 0 heterocycles. The van der Waals surface area contributed by atoms with Crippen LogP contribution in [0.5, 0.6) is 0 Å². The number of unbranched alkanes of at least 4 members (excludes halogenated alkanes) is 28. The van der Waals surface area contributed by atoms with Crippen molar-refractivity contribution in [2.24, 2.45) is 0 Å². The molecular weight excluding hydrogens is 647 g/mol. The molecule has 2 atom stereocenters. The van der Waals surface area contributed by atoms with Gasteiger partial charge in [0.15, 0.2) is 0 Å². The maximum absolute atomic E-state index is 12.3. The molecule has 0 aliphatic rings. The van der Waals surface area contributed by atoms with Crippen molar-refractivity contribution in [1.82, 2.24) is 5.32 Å². The second-order valence-corrected chi connectivity index (χ2v) is 15.4. The van der Waals surface area contributed by atoms with Crippen LogP contribution in [0, 0.1) is 0 Å². The molecule has 0 bridgehead atoms. The van der Waals surface area contributed by atoms with Gasteiger partial charge in [-0.2, -0.15) is 0 Å². The van der Waals surface area contributed by atoms with Gasteiger partial charge in [0, 0.05) is 12.8 Å². The first-order valence-corrected chi connectivity index (χ1v) is 22.6. The number of hydrogen-bond acceptors (Lipinski definition) is 5. The van der Waals surface area contributed by atoms with E-state index in [1.807, 2.05) is 6.08 Å². The summed E-state index contributed by atoms with van der Waals surface area (Å²) in [5.41, 5.74) is 0. The monoisotopic (exact) mass is 734 g/mol. The molecule has 0 spiro atoms.